The maximum Gasteiger partial charge on any atom is 0.191 e. The minimum atomic E-state index is -0.357. The Bertz CT molecular complexity index is 772. The van der Waals surface area contributed by atoms with Gasteiger partial charge in [-0.1, -0.05) is 17.7 Å². The Morgan fingerprint density at radius 1 is 1.19 bits per heavy atom. The fourth-order valence-corrected chi connectivity index (χ4v) is 2.15. The van der Waals surface area contributed by atoms with Crippen molar-refractivity contribution in [1.82, 2.24) is 10.6 Å². The Balaban J connectivity index is 0.00000338. The van der Waals surface area contributed by atoms with Crippen LogP contribution in [0.2, 0.25) is 0 Å². The number of guanidine groups is 1. The minimum Gasteiger partial charge on any atom is -0.492 e. The zero-order valence-electron chi connectivity index (χ0n) is 14.8. The summed E-state index contributed by atoms with van der Waals surface area (Å²) < 4.78 is 19.4. The number of benzene rings is 2. The minimum absolute atomic E-state index is 0. The third kappa shape index (κ3) is 6.88. The van der Waals surface area contributed by atoms with Gasteiger partial charge in [0.25, 0.3) is 0 Å². The molecule has 0 spiro atoms. The number of halogens is 2. The average Bonchev–Trinajstić information content (AvgIpc) is 2.64. The maximum absolute atomic E-state index is 13.8. The van der Waals surface area contributed by atoms with Crippen molar-refractivity contribution < 1.29 is 9.13 Å². The molecule has 2 aromatic rings. The fourth-order valence-electron chi connectivity index (χ4n) is 2.15. The first-order chi connectivity index (χ1) is 12.1. The number of ether oxygens (including phenoxy) is 1. The molecule has 0 saturated heterocycles. The average molecular weight is 468 g/mol. The summed E-state index contributed by atoms with van der Waals surface area (Å²) in [6, 6.07) is 14.1. The molecule has 0 atom stereocenters. The van der Waals surface area contributed by atoms with Crippen LogP contribution in [0.5, 0.6) is 5.75 Å². The van der Waals surface area contributed by atoms with Gasteiger partial charge in [-0.05, 0) is 37.3 Å². The molecule has 2 rings (SSSR count). The van der Waals surface area contributed by atoms with Gasteiger partial charge < -0.3 is 15.4 Å². The van der Waals surface area contributed by atoms with E-state index in [-0.39, 0.29) is 36.3 Å². The lowest BCUT2D eigenvalue weighted by Gasteiger charge is -2.13. The molecule has 7 heteroatoms. The highest BCUT2D eigenvalue weighted by Gasteiger charge is 2.05. The van der Waals surface area contributed by atoms with Gasteiger partial charge in [0.15, 0.2) is 5.96 Å². The van der Waals surface area contributed by atoms with Gasteiger partial charge in [0.2, 0.25) is 0 Å². The smallest absolute Gasteiger partial charge is 0.191 e. The van der Waals surface area contributed by atoms with Crippen molar-refractivity contribution in [3.63, 3.8) is 0 Å². The number of aliphatic imine (C=N–C) groups is 1. The molecule has 2 aromatic carbocycles. The Kier molecular flexibility index (Phi) is 9.44. The molecule has 0 aliphatic rings. The highest BCUT2D eigenvalue weighted by Crippen LogP contribution is 2.11. The molecule has 138 valence electrons. The van der Waals surface area contributed by atoms with Crippen molar-refractivity contribution in [1.29, 1.82) is 5.26 Å². The van der Waals surface area contributed by atoms with Gasteiger partial charge in [-0.3, -0.25) is 4.99 Å². The van der Waals surface area contributed by atoms with E-state index in [0.29, 0.717) is 30.2 Å². The number of aryl methyl sites for hydroxylation is 1. The molecule has 0 amide bonds. The molecule has 2 N–H and O–H groups in total. The van der Waals surface area contributed by atoms with Gasteiger partial charge in [-0.15, -0.1) is 24.0 Å². The van der Waals surface area contributed by atoms with E-state index in [4.69, 9.17) is 10.00 Å². The van der Waals surface area contributed by atoms with Gasteiger partial charge in [0.05, 0.1) is 18.2 Å². The van der Waals surface area contributed by atoms with E-state index in [1.54, 1.807) is 7.05 Å². The second kappa shape index (κ2) is 11.3. The van der Waals surface area contributed by atoms with E-state index in [9.17, 15) is 4.39 Å². The van der Waals surface area contributed by atoms with Crippen LogP contribution in [0.25, 0.3) is 0 Å². The number of rotatable bonds is 6. The van der Waals surface area contributed by atoms with Crippen molar-refractivity contribution in [3.05, 3.63) is 65.0 Å². The quantitative estimate of drug-likeness (QED) is 0.295. The third-order valence-corrected chi connectivity index (χ3v) is 3.53. The molecule has 0 aliphatic carbocycles. The Morgan fingerprint density at radius 2 is 1.92 bits per heavy atom. The molecular weight excluding hydrogens is 446 g/mol. The molecule has 0 heterocycles. The summed E-state index contributed by atoms with van der Waals surface area (Å²) in [5.74, 6) is 0.990. The van der Waals surface area contributed by atoms with E-state index in [0.717, 1.165) is 5.75 Å². The molecule has 0 fully saturated rings. The summed E-state index contributed by atoms with van der Waals surface area (Å²) in [5, 5.41) is 15.0. The van der Waals surface area contributed by atoms with Crippen LogP contribution in [0.1, 0.15) is 16.7 Å². The van der Waals surface area contributed by atoms with Crippen molar-refractivity contribution in [2.75, 3.05) is 20.2 Å². The lowest BCUT2D eigenvalue weighted by atomic mass is 10.1. The summed E-state index contributed by atoms with van der Waals surface area (Å²) in [7, 11) is 1.64. The molecular formula is C19H22FIN4O. The predicted molar refractivity (Wildman–Crippen MR) is 111 cm³/mol. The normalized spacial score (nSPS) is 10.5. The number of nitrogens with one attached hydrogen (secondary N) is 2. The second-order valence-electron chi connectivity index (χ2n) is 5.43. The van der Waals surface area contributed by atoms with Crippen LogP contribution in [0, 0.1) is 24.1 Å². The van der Waals surface area contributed by atoms with Crippen LogP contribution in [-0.2, 0) is 6.54 Å². The molecule has 0 bridgehead atoms. The van der Waals surface area contributed by atoms with Gasteiger partial charge in [-0.2, -0.15) is 5.26 Å². The SMILES string of the molecule is CN=C(NCCOc1ccc(C)cc1)NCc1cc(C#N)ccc1F.I. The van der Waals surface area contributed by atoms with E-state index < -0.39 is 0 Å². The van der Waals surface area contributed by atoms with Crippen molar-refractivity contribution in [2.45, 2.75) is 13.5 Å². The topological polar surface area (TPSA) is 69.4 Å². The monoisotopic (exact) mass is 468 g/mol. The molecule has 0 aliphatic heterocycles. The Morgan fingerprint density at radius 3 is 2.58 bits per heavy atom. The highest BCUT2D eigenvalue weighted by atomic mass is 127. The lowest BCUT2D eigenvalue weighted by Crippen LogP contribution is -2.39. The molecule has 0 saturated carbocycles. The van der Waals surface area contributed by atoms with Crippen LogP contribution in [0.3, 0.4) is 0 Å². The van der Waals surface area contributed by atoms with E-state index in [2.05, 4.69) is 15.6 Å². The maximum atomic E-state index is 13.8. The van der Waals surface area contributed by atoms with Gasteiger partial charge in [0, 0.05) is 19.2 Å². The number of nitrogens with zero attached hydrogens (tertiary/aromatic N) is 2. The summed E-state index contributed by atoms with van der Waals surface area (Å²) in [6.07, 6.45) is 0. The zero-order valence-corrected chi connectivity index (χ0v) is 17.1. The summed E-state index contributed by atoms with van der Waals surface area (Å²) >= 11 is 0. The summed E-state index contributed by atoms with van der Waals surface area (Å²) in [6.45, 7) is 3.28. The molecule has 0 aromatic heterocycles. The number of hydrogen-bond donors (Lipinski definition) is 2. The van der Waals surface area contributed by atoms with E-state index in [1.807, 2.05) is 37.3 Å². The predicted octanol–water partition coefficient (Wildman–Crippen LogP) is 3.37. The second-order valence-corrected chi connectivity index (χ2v) is 5.43. The van der Waals surface area contributed by atoms with Crippen LogP contribution in [0.4, 0.5) is 4.39 Å². The largest absolute Gasteiger partial charge is 0.492 e. The van der Waals surface area contributed by atoms with Gasteiger partial charge in [-0.25, -0.2) is 4.39 Å². The highest BCUT2D eigenvalue weighted by molar-refractivity contribution is 14.0. The van der Waals surface area contributed by atoms with Crippen LogP contribution in [0.15, 0.2) is 47.5 Å². The van der Waals surface area contributed by atoms with E-state index in [1.165, 1.54) is 23.8 Å². The van der Waals surface area contributed by atoms with Crippen molar-refractivity contribution in [2.24, 2.45) is 4.99 Å². The fraction of sp³-hybridized carbons (Fsp3) is 0.263. The third-order valence-electron chi connectivity index (χ3n) is 3.53. The summed E-state index contributed by atoms with van der Waals surface area (Å²) in [4.78, 5) is 4.08. The lowest BCUT2D eigenvalue weighted by molar-refractivity contribution is 0.322. The first kappa shape index (κ1) is 21.7. The van der Waals surface area contributed by atoms with Crippen molar-refractivity contribution in [3.8, 4) is 11.8 Å². The van der Waals surface area contributed by atoms with Crippen molar-refractivity contribution >= 4 is 29.9 Å². The molecule has 5 nitrogen and oxygen atoms in total. The summed E-state index contributed by atoms with van der Waals surface area (Å²) in [5.41, 5.74) is 2.02. The first-order valence-corrected chi connectivity index (χ1v) is 7.95. The van der Waals surface area contributed by atoms with Crippen LogP contribution < -0.4 is 15.4 Å². The number of hydrogen-bond acceptors (Lipinski definition) is 3. The Labute approximate surface area is 170 Å². The molecule has 26 heavy (non-hydrogen) atoms. The zero-order chi connectivity index (χ0) is 18.1. The molecule has 0 radical (unpaired) electrons. The Hall–Kier alpha value is -2.34. The van der Waals surface area contributed by atoms with Crippen LogP contribution >= 0.6 is 24.0 Å². The van der Waals surface area contributed by atoms with Gasteiger partial charge in [0.1, 0.15) is 18.2 Å². The molecule has 0 unspecified atom stereocenters. The van der Waals surface area contributed by atoms with Gasteiger partial charge >= 0.3 is 0 Å². The van der Waals surface area contributed by atoms with Crippen LogP contribution in [-0.4, -0.2) is 26.2 Å². The standard InChI is InChI=1S/C19H21FN4O.HI/c1-14-3-6-17(7-4-14)25-10-9-23-19(22-2)24-13-16-11-15(12-21)5-8-18(16)20;/h3-8,11H,9-10,13H2,1-2H3,(H2,22,23,24);1H. The first-order valence-electron chi connectivity index (χ1n) is 7.95. The van der Waals surface area contributed by atoms with E-state index >= 15 is 0 Å². The number of nitriles is 1.